The second kappa shape index (κ2) is 10.1. The normalized spacial score (nSPS) is 21.1. The number of fused-ring (bicyclic) bond motifs is 1. The molecule has 2 fully saturated rings. The van der Waals surface area contributed by atoms with Gasteiger partial charge in [-0.2, -0.15) is 4.98 Å². The molecular weight excluding hydrogens is 538 g/mol. The number of nitrogens with one attached hydrogen (secondary N) is 1. The molecule has 2 aliphatic rings. The van der Waals surface area contributed by atoms with Crippen molar-refractivity contribution in [2.45, 2.75) is 45.6 Å². The van der Waals surface area contributed by atoms with Gasteiger partial charge in [0.2, 0.25) is 5.95 Å². The van der Waals surface area contributed by atoms with E-state index < -0.39 is 33.8 Å². The molecule has 1 aromatic carbocycles. The summed E-state index contributed by atoms with van der Waals surface area (Å²) in [4.78, 5) is 16.9. The Kier molecular flexibility index (Phi) is 7.14. The molecule has 1 atom stereocenters. The Labute approximate surface area is 233 Å². The quantitative estimate of drug-likeness (QED) is 0.429. The Morgan fingerprint density at radius 1 is 1.07 bits per heavy atom. The lowest BCUT2D eigenvalue weighted by molar-refractivity contribution is -0.160. The van der Waals surface area contributed by atoms with Gasteiger partial charge in [0, 0.05) is 60.7 Å². The number of nitrogens with zero attached hydrogens (tertiary/aromatic N) is 5. The average molecular weight is 575 g/mol. The van der Waals surface area contributed by atoms with Gasteiger partial charge in [-0.1, -0.05) is 33.8 Å². The zero-order valence-electron chi connectivity index (χ0n) is 23.4. The Morgan fingerprint density at radius 3 is 2.45 bits per heavy atom. The highest BCUT2D eigenvalue weighted by atomic mass is 32.2. The fourth-order valence-corrected chi connectivity index (χ4v) is 6.85. The van der Waals surface area contributed by atoms with Gasteiger partial charge in [0.25, 0.3) is 5.92 Å². The van der Waals surface area contributed by atoms with Crippen molar-refractivity contribution in [3.05, 3.63) is 42.2 Å². The number of anilines is 4. The molecule has 2 N–H and O–H groups in total. The number of halogens is 2. The number of piperidine rings is 1. The van der Waals surface area contributed by atoms with Crippen molar-refractivity contribution in [1.29, 1.82) is 0 Å². The van der Waals surface area contributed by atoms with E-state index in [1.807, 2.05) is 6.07 Å². The number of aliphatic hydroxyl groups is 1. The Bertz CT molecular complexity index is 1510. The first kappa shape index (κ1) is 28.4. The second-order valence-corrected chi connectivity index (χ2v) is 14.4. The topological polar surface area (TPSA) is 112 Å². The van der Waals surface area contributed by atoms with Crippen LogP contribution < -0.4 is 15.1 Å². The molecule has 4 heterocycles. The third-order valence-corrected chi connectivity index (χ3v) is 8.77. The minimum Gasteiger partial charge on any atom is -0.386 e. The van der Waals surface area contributed by atoms with Crippen LogP contribution in [-0.4, -0.2) is 78.7 Å². The summed E-state index contributed by atoms with van der Waals surface area (Å²) >= 11 is 0. The molecule has 0 radical (unpaired) electrons. The van der Waals surface area contributed by atoms with Crippen LogP contribution in [0.5, 0.6) is 0 Å². The van der Waals surface area contributed by atoms with Gasteiger partial charge in [-0.25, -0.2) is 27.2 Å². The van der Waals surface area contributed by atoms with Gasteiger partial charge in [-0.15, -0.1) is 0 Å². The van der Waals surface area contributed by atoms with Crippen LogP contribution in [0.3, 0.4) is 0 Å². The SMILES string of the molecule is CC(C)c1ccc(N2CC(CS(C)(=O)=O)C2)c2cnc(Nc3ccnc(N4CC(C)(C)[C@H](O)C(F)(F)C4)n3)cc12. The number of pyridine rings is 1. The molecule has 2 saturated heterocycles. The van der Waals surface area contributed by atoms with Crippen molar-refractivity contribution in [1.82, 2.24) is 15.0 Å². The lowest BCUT2D eigenvalue weighted by Crippen LogP contribution is -2.61. The lowest BCUT2D eigenvalue weighted by Gasteiger charge is -2.45. The van der Waals surface area contributed by atoms with Crippen LogP contribution in [0.1, 0.15) is 39.2 Å². The number of aromatic nitrogens is 3. The first-order valence-electron chi connectivity index (χ1n) is 13.4. The molecule has 12 heteroatoms. The van der Waals surface area contributed by atoms with E-state index >= 15 is 0 Å². The van der Waals surface area contributed by atoms with Gasteiger partial charge in [-0.3, -0.25) is 0 Å². The molecule has 0 bridgehead atoms. The maximum atomic E-state index is 14.5. The summed E-state index contributed by atoms with van der Waals surface area (Å²) in [6.07, 6.45) is 2.84. The Morgan fingerprint density at radius 2 is 1.80 bits per heavy atom. The summed E-state index contributed by atoms with van der Waals surface area (Å²) in [5.74, 6) is -1.62. The van der Waals surface area contributed by atoms with Crippen molar-refractivity contribution in [2.75, 3.05) is 53.3 Å². The number of hydrogen-bond acceptors (Lipinski definition) is 9. The predicted molar refractivity (Wildman–Crippen MR) is 154 cm³/mol. The molecular formula is C28H36F2N6O3S. The first-order chi connectivity index (χ1) is 18.6. The van der Waals surface area contributed by atoms with E-state index in [9.17, 15) is 22.3 Å². The van der Waals surface area contributed by atoms with Crippen molar-refractivity contribution in [3.63, 3.8) is 0 Å². The maximum absolute atomic E-state index is 14.5. The summed E-state index contributed by atoms with van der Waals surface area (Å²) in [6, 6.07) is 7.79. The molecule has 3 aromatic rings. The molecule has 9 nitrogen and oxygen atoms in total. The zero-order valence-corrected chi connectivity index (χ0v) is 24.2. The standard InChI is InChI=1S/C28H36F2N6O3S/c1-17(2)19-6-7-22(35-12-18(13-35)14-40(5,38)39)21-11-32-24(10-20(19)21)33-23-8-9-31-26(34-23)36-15-27(3,4)25(37)28(29,30)16-36/h6-11,17-18,25,37H,12-16H2,1-5H3,(H,31,32,33,34)/t25-/m0/s1. The lowest BCUT2D eigenvalue weighted by atomic mass is 9.79. The zero-order chi connectivity index (χ0) is 29.0. The molecule has 0 unspecified atom stereocenters. The summed E-state index contributed by atoms with van der Waals surface area (Å²) < 4.78 is 52.5. The van der Waals surface area contributed by atoms with E-state index in [0.29, 0.717) is 24.7 Å². The van der Waals surface area contributed by atoms with Gasteiger partial charge in [0.1, 0.15) is 27.6 Å². The van der Waals surface area contributed by atoms with Gasteiger partial charge in [-0.05, 0) is 35.1 Å². The van der Waals surface area contributed by atoms with Gasteiger partial charge >= 0.3 is 0 Å². The Balaban J connectivity index is 1.40. The molecule has 2 aromatic heterocycles. The number of rotatable bonds is 7. The summed E-state index contributed by atoms with van der Waals surface area (Å²) in [5, 5.41) is 15.3. The summed E-state index contributed by atoms with van der Waals surface area (Å²) in [6.45, 7) is 8.32. The number of sulfone groups is 1. The van der Waals surface area contributed by atoms with Crippen LogP contribution in [0.25, 0.3) is 10.8 Å². The van der Waals surface area contributed by atoms with Crippen molar-refractivity contribution < 1.29 is 22.3 Å². The molecule has 0 saturated carbocycles. The van der Waals surface area contributed by atoms with Crippen LogP contribution >= 0.6 is 0 Å². The van der Waals surface area contributed by atoms with E-state index in [4.69, 9.17) is 0 Å². The predicted octanol–water partition coefficient (Wildman–Crippen LogP) is 4.22. The van der Waals surface area contributed by atoms with Gasteiger partial charge in [0.15, 0.2) is 0 Å². The van der Waals surface area contributed by atoms with E-state index in [2.05, 4.69) is 51.1 Å². The highest BCUT2D eigenvalue weighted by Gasteiger charge is 2.53. The molecule has 40 heavy (non-hydrogen) atoms. The van der Waals surface area contributed by atoms with Crippen molar-refractivity contribution >= 4 is 43.9 Å². The molecule has 0 spiro atoms. The number of aliphatic hydroxyl groups excluding tert-OH is 1. The van der Waals surface area contributed by atoms with E-state index in [1.54, 1.807) is 26.1 Å². The van der Waals surface area contributed by atoms with Crippen molar-refractivity contribution in [2.24, 2.45) is 11.3 Å². The van der Waals surface area contributed by atoms with Crippen molar-refractivity contribution in [3.8, 4) is 0 Å². The molecule has 5 rings (SSSR count). The van der Waals surface area contributed by atoms with Gasteiger partial charge < -0.3 is 20.2 Å². The Hall–Kier alpha value is -3.12. The molecule has 0 aliphatic carbocycles. The number of alkyl halides is 2. The average Bonchev–Trinajstić information content (AvgIpc) is 2.83. The minimum absolute atomic E-state index is 0.115. The van der Waals surface area contributed by atoms with E-state index in [-0.39, 0.29) is 30.1 Å². The summed E-state index contributed by atoms with van der Waals surface area (Å²) in [7, 11) is -3.02. The van der Waals surface area contributed by atoms with Crippen LogP contribution in [-0.2, 0) is 9.84 Å². The fourth-order valence-electron chi connectivity index (χ4n) is 5.78. The highest BCUT2D eigenvalue weighted by Crippen LogP contribution is 2.40. The smallest absolute Gasteiger partial charge is 0.291 e. The highest BCUT2D eigenvalue weighted by molar-refractivity contribution is 7.90. The second-order valence-electron chi connectivity index (χ2n) is 12.2. The number of hydrogen-bond donors (Lipinski definition) is 2. The maximum Gasteiger partial charge on any atom is 0.291 e. The first-order valence-corrected chi connectivity index (χ1v) is 15.5. The van der Waals surface area contributed by atoms with Crippen LogP contribution in [0.15, 0.2) is 36.7 Å². The molecule has 216 valence electrons. The molecule has 0 amide bonds. The van der Waals surface area contributed by atoms with Gasteiger partial charge in [0.05, 0.1) is 12.3 Å². The largest absolute Gasteiger partial charge is 0.386 e. The van der Waals surface area contributed by atoms with E-state index in [1.165, 1.54) is 17.4 Å². The van der Waals surface area contributed by atoms with E-state index in [0.717, 1.165) is 22.0 Å². The van der Waals surface area contributed by atoms with Crippen LogP contribution in [0.2, 0.25) is 0 Å². The summed E-state index contributed by atoms with van der Waals surface area (Å²) in [5.41, 5.74) is 1.13. The third kappa shape index (κ3) is 5.69. The fraction of sp³-hybridized carbons (Fsp3) is 0.536. The third-order valence-electron chi connectivity index (χ3n) is 7.69. The molecule has 2 aliphatic heterocycles. The van der Waals surface area contributed by atoms with Crippen LogP contribution in [0.4, 0.5) is 32.1 Å². The van der Waals surface area contributed by atoms with Crippen LogP contribution in [0, 0.1) is 11.3 Å². The minimum atomic E-state index is -3.29. The number of benzene rings is 1. The monoisotopic (exact) mass is 574 g/mol.